The standard InChI is InChI=1S/C20H22N4OS.ClH/c1-15-18(21-20(26-15)23-12-6-3-7-13-23)11-10-16-14-24(22-19(16)25)17-8-4-2-5-9-17;/h2,4-5,8-11,14H,3,6-7,12-13H2,1H3,(H,22,25);1H/b11-10+;. The third kappa shape index (κ3) is 4.34. The Morgan fingerprint density at radius 2 is 1.85 bits per heavy atom. The highest BCUT2D eigenvalue weighted by Crippen LogP contribution is 2.28. The number of thiazole rings is 1. The first-order valence-electron chi connectivity index (χ1n) is 8.98. The third-order valence-electron chi connectivity index (χ3n) is 4.66. The van der Waals surface area contributed by atoms with Crippen LogP contribution in [-0.4, -0.2) is 27.9 Å². The number of nitrogens with zero attached hydrogens (tertiary/aromatic N) is 3. The van der Waals surface area contributed by atoms with Crippen LogP contribution in [0.25, 0.3) is 17.8 Å². The summed E-state index contributed by atoms with van der Waals surface area (Å²) >= 11 is 1.73. The highest BCUT2D eigenvalue weighted by molar-refractivity contribution is 7.15. The van der Waals surface area contributed by atoms with Crippen molar-refractivity contribution in [2.75, 3.05) is 18.0 Å². The largest absolute Gasteiger partial charge is 0.348 e. The van der Waals surface area contributed by atoms with Crippen molar-refractivity contribution in [2.24, 2.45) is 0 Å². The molecule has 142 valence electrons. The van der Waals surface area contributed by atoms with Crippen molar-refractivity contribution in [3.63, 3.8) is 0 Å². The van der Waals surface area contributed by atoms with E-state index in [2.05, 4.69) is 16.9 Å². The zero-order valence-corrected chi connectivity index (χ0v) is 16.9. The first kappa shape index (κ1) is 19.5. The van der Waals surface area contributed by atoms with Crippen molar-refractivity contribution in [3.05, 3.63) is 63.0 Å². The zero-order chi connectivity index (χ0) is 17.9. The lowest BCUT2D eigenvalue weighted by molar-refractivity contribution is 0.577. The fourth-order valence-corrected chi connectivity index (χ4v) is 4.14. The second kappa shape index (κ2) is 8.59. The van der Waals surface area contributed by atoms with Gasteiger partial charge in [-0.25, -0.2) is 4.98 Å². The lowest BCUT2D eigenvalue weighted by atomic mass is 10.1. The van der Waals surface area contributed by atoms with E-state index in [0.717, 1.165) is 29.6 Å². The third-order valence-corrected chi connectivity index (χ3v) is 5.70. The van der Waals surface area contributed by atoms with Gasteiger partial charge in [-0.2, -0.15) is 0 Å². The van der Waals surface area contributed by atoms with Crippen LogP contribution in [0.3, 0.4) is 0 Å². The van der Waals surface area contributed by atoms with E-state index in [-0.39, 0.29) is 18.0 Å². The molecule has 0 amide bonds. The number of hydrogen-bond acceptors (Lipinski definition) is 4. The molecule has 0 unspecified atom stereocenters. The number of aromatic amines is 1. The number of benzene rings is 1. The van der Waals surface area contributed by atoms with Crippen molar-refractivity contribution >= 4 is 41.0 Å². The fraction of sp³-hybridized carbons (Fsp3) is 0.300. The van der Waals surface area contributed by atoms with Gasteiger partial charge in [0.05, 0.1) is 16.9 Å². The van der Waals surface area contributed by atoms with E-state index in [1.807, 2.05) is 48.7 Å². The monoisotopic (exact) mass is 402 g/mol. The summed E-state index contributed by atoms with van der Waals surface area (Å²) in [5.41, 5.74) is 2.40. The summed E-state index contributed by atoms with van der Waals surface area (Å²) in [7, 11) is 0. The predicted molar refractivity (Wildman–Crippen MR) is 115 cm³/mol. The molecule has 2 aromatic heterocycles. The lowest BCUT2D eigenvalue weighted by Gasteiger charge is -2.25. The molecule has 1 fully saturated rings. The summed E-state index contributed by atoms with van der Waals surface area (Å²) in [5.74, 6) is 0. The highest BCUT2D eigenvalue weighted by atomic mass is 35.5. The number of halogens is 1. The predicted octanol–water partition coefficient (Wildman–Crippen LogP) is 4.51. The van der Waals surface area contributed by atoms with Gasteiger partial charge in [0.15, 0.2) is 5.13 Å². The zero-order valence-electron chi connectivity index (χ0n) is 15.2. The number of rotatable bonds is 4. The molecule has 0 bridgehead atoms. The smallest absolute Gasteiger partial charge is 0.271 e. The SMILES string of the molecule is Cc1sc(N2CCCCC2)nc1/C=C/c1cn(-c2ccccc2)[nH]c1=O.Cl. The van der Waals surface area contributed by atoms with E-state index in [0.29, 0.717) is 5.56 Å². The van der Waals surface area contributed by atoms with Crippen molar-refractivity contribution in [2.45, 2.75) is 26.2 Å². The molecule has 0 radical (unpaired) electrons. The molecule has 5 nitrogen and oxygen atoms in total. The quantitative estimate of drug-likeness (QED) is 0.698. The van der Waals surface area contributed by atoms with E-state index in [9.17, 15) is 4.79 Å². The van der Waals surface area contributed by atoms with Crippen molar-refractivity contribution in [1.82, 2.24) is 14.8 Å². The average molecular weight is 403 g/mol. The molecule has 1 aromatic carbocycles. The number of aromatic nitrogens is 3. The van der Waals surface area contributed by atoms with Crippen molar-refractivity contribution in [1.29, 1.82) is 0 Å². The van der Waals surface area contributed by atoms with Crippen LogP contribution in [0.4, 0.5) is 5.13 Å². The molecule has 0 aliphatic carbocycles. The van der Waals surface area contributed by atoms with Gasteiger partial charge in [0, 0.05) is 24.2 Å². The molecule has 0 spiro atoms. The Labute approximate surface area is 168 Å². The van der Waals surface area contributed by atoms with Crippen LogP contribution in [0, 0.1) is 6.92 Å². The molecule has 3 aromatic rings. The normalized spacial score (nSPS) is 14.5. The summed E-state index contributed by atoms with van der Waals surface area (Å²) in [4.78, 5) is 20.6. The van der Waals surface area contributed by atoms with Gasteiger partial charge >= 0.3 is 0 Å². The number of nitrogens with one attached hydrogen (secondary N) is 1. The molecule has 1 N–H and O–H groups in total. The number of H-pyrrole nitrogens is 1. The van der Waals surface area contributed by atoms with Gasteiger partial charge in [-0.1, -0.05) is 18.2 Å². The maximum absolute atomic E-state index is 12.2. The van der Waals surface area contributed by atoms with Crippen LogP contribution >= 0.6 is 23.7 Å². The second-order valence-electron chi connectivity index (χ2n) is 6.55. The van der Waals surface area contributed by atoms with Crippen molar-refractivity contribution in [3.8, 4) is 5.69 Å². The van der Waals surface area contributed by atoms with E-state index in [4.69, 9.17) is 4.98 Å². The molecule has 1 aliphatic heterocycles. The van der Waals surface area contributed by atoms with Crippen LogP contribution < -0.4 is 10.5 Å². The Kier molecular flexibility index (Phi) is 6.19. The summed E-state index contributed by atoms with van der Waals surface area (Å²) in [6.45, 7) is 4.27. The second-order valence-corrected chi connectivity index (χ2v) is 7.73. The van der Waals surface area contributed by atoms with E-state index >= 15 is 0 Å². The van der Waals surface area contributed by atoms with Gasteiger partial charge in [0.25, 0.3) is 5.56 Å². The van der Waals surface area contributed by atoms with E-state index in [1.165, 1.54) is 24.1 Å². The number of hydrogen-bond donors (Lipinski definition) is 1. The number of aryl methyl sites for hydroxylation is 1. The van der Waals surface area contributed by atoms with Gasteiger partial charge in [-0.3, -0.25) is 14.6 Å². The van der Waals surface area contributed by atoms with Crippen LogP contribution in [0.1, 0.15) is 35.4 Å². The maximum atomic E-state index is 12.2. The Bertz CT molecular complexity index is 968. The van der Waals surface area contributed by atoms with Gasteiger partial charge < -0.3 is 4.90 Å². The van der Waals surface area contributed by atoms with Crippen LogP contribution in [0.5, 0.6) is 0 Å². The number of piperidine rings is 1. The Morgan fingerprint density at radius 3 is 2.59 bits per heavy atom. The molecule has 0 saturated carbocycles. The topological polar surface area (TPSA) is 53.9 Å². The Morgan fingerprint density at radius 1 is 1.11 bits per heavy atom. The fourth-order valence-electron chi connectivity index (χ4n) is 3.19. The van der Waals surface area contributed by atoms with Crippen molar-refractivity contribution < 1.29 is 0 Å². The number of anilines is 1. The van der Waals surface area contributed by atoms with Crippen LogP contribution in [0.15, 0.2) is 41.3 Å². The van der Waals surface area contributed by atoms with Gasteiger partial charge in [-0.15, -0.1) is 23.7 Å². The van der Waals surface area contributed by atoms with Gasteiger partial charge in [-0.05, 0) is 50.5 Å². The minimum absolute atomic E-state index is 0. The maximum Gasteiger partial charge on any atom is 0.271 e. The molecular formula is C20H23ClN4OS. The summed E-state index contributed by atoms with van der Waals surface area (Å²) < 4.78 is 1.75. The molecule has 1 aliphatic rings. The van der Waals surface area contributed by atoms with E-state index in [1.54, 1.807) is 16.0 Å². The highest BCUT2D eigenvalue weighted by Gasteiger charge is 2.15. The molecular weight excluding hydrogens is 380 g/mol. The summed E-state index contributed by atoms with van der Waals surface area (Å²) in [6.07, 6.45) is 9.41. The molecule has 27 heavy (non-hydrogen) atoms. The van der Waals surface area contributed by atoms with Crippen LogP contribution in [0.2, 0.25) is 0 Å². The van der Waals surface area contributed by atoms with Gasteiger partial charge in [0.2, 0.25) is 0 Å². The van der Waals surface area contributed by atoms with E-state index < -0.39 is 0 Å². The lowest BCUT2D eigenvalue weighted by Crippen LogP contribution is -2.29. The Balaban J connectivity index is 0.00000210. The van der Waals surface area contributed by atoms with Crippen LogP contribution in [-0.2, 0) is 0 Å². The summed E-state index contributed by atoms with van der Waals surface area (Å²) in [5, 5.41) is 3.95. The average Bonchev–Trinajstić information content (AvgIpc) is 3.24. The molecule has 4 rings (SSSR count). The minimum atomic E-state index is -0.103. The summed E-state index contributed by atoms with van der Waals surface area (Å²) in [6, 6.07) is 9.77. The molecule has 7 heteroatoms. The van der Waals surface area contributed by atoms with Gasteiger partial charge in [0.1, 0.15) is 0 Å². The molecule has 0 atom stereocenters. The first-order chi connectivity index (χ1) is 12.7. The number of para-hydroxylation sites is 1. The molecule has 3 heterocycles. The Hall–Kier alpha value is -2.31. The minimum Gasteiger partial charge on any atom is -0.348 e. The first-order valence-corrected chi connectivity index (χ1v) is 9.80. The molecule has 1 saturated heterocycles.